The fourth-order valence-electron chi connectivity index (χ4n) is 3.41. The van der Waals surface area contributed by atoms with Crippen LogP contribution in [0.1, 0.15) is 39.0 Å². The van der Waals surface area contributed by atoms with Crippen molar-refractivity contribution in [1.82, 2.24) is 9.80 Å². The Morgan fingerprint density at radius 2 is 1.73 bits per heavy atom. The van der Waals surface area contributed by atoms with E-state index in [0.717, 1.165) is 78.0 Å². The highest BCUT2D eigenvalue weighted by Crippen LogP contribution is 2.22. The van der Waals surface area contributed by atoms with Gasteiger partial charge in [-0.3, -0.25) is 4.79 Å². The molecule has 0 atom stereocenters. The van der Waals surface area contributed by atoms with Crippen molar-refractivity contribution in [3.63, 3.8) is 0 Å². The molecule has 0 aromatic heterocycles. The lowest BCUT2D eigenvalue weighted by atomic mass is 9.94. The van der Waals surface area contributed by atoms with Crippen molar-refractivity contribution in [2.75, 3.05) is 53.0 Å². The predicted molar refractivity (Wildman–Crippen MR) is 86.9 cm³/mol. The molecule has 0 aromatic carbocycles. The first-order chi connectivity index (χ1) is 10.7. The van der Waals surface area contributed by atoms with Gasteiger partial charge in [0.15, 0.2) is 0 Å². The molecule has 22 heavy (non-hydrogen) atoms. The summed E-state index contributed by atoms with van der Waals surface area (Å²) in [5.74, 6) is 0.600. The molecule has 0 bridgehead atoms. The summed E-state index contributed by atoms with van der Waals surface area (Å²) in [6.07, 6.45) is 5.38. The third-order valence-corrected chi connectivity index (χ3v) is 4.92. The van der Waals surface area contributed by atoms with Crippen LogP contribution in [0.3, 0.4) is 0 Å². The highest BCUT2D eigenvalue weighted by Gasteiger charge is 2.30. The topological polar surface area (TPSA) is 42.0 Å². The van der Waals surface area contributed by atoms with E-state index in [2.05, 4.69) is 16.7 Å². The zero-order valence-electron chi connectivity index (χ0n) is 14.3. The zero-order valence-corrected chi connectivity index (χ0v) is 14.3. The average molecular weight is 312 g/mol. The van der Waals surface area contributed by atoms with Gasteiger partial charge in [0.2, 0.25) is 5.91 Å². The Hall–Kier alpha value is -0.650. The summed E-state index contributed by atoms with van der Waals surface area (Å²) < 4.78 is 10.9. The van der Waals surface area contributed by atoms with Gasteiger partial charge in [0.25, 0.3) is 0 Å². The summed E-state index contributed by atoms with van der Waals surface area (Å²) in [4.78, 5) is 17.1. The fourth-order valence-corrected chi connectivity index (χ4v) is 3.41. The van der Waals surface area contributed by atoms with Crippen LogP contribution in [0, 0.1) is 5.92 Å². The quantitative estimate of drug-likeness (QED) is 0.672. The van der Waals surface area contributed by atoms with E-state index >= 15 is 0 Å². The third kappa shape index (κ3) is 5.21. The second-order valence-corrected chi connectivity index (χ2v) is 6.49. The van der Waals surface area contributed by atoms with Crippen molar-refractivity contribution in [2.45, 2.75) is 45.1 Å². The Morgan fingerprint density at radius 3 is 2.32 bits per heavy atom. The number of rotatable bonds is 7. The number of ether oxygens (including phenoxy) is 2. The van der Waals surface area contributed by atoms with Crippen LogP contribution in [-0.2, 0) is 14.3 Å². The summed E-state index contributed by atoms with van der Waals surface area (Å²) in [5.41, 5.74) is 0. The van der Waals surface area contributed by atoms with Crippen LogP contribution < -0.4 is 0 Å². The van der Waals surface area contributed by atoms with E-state index in [1.54, 1.807) is 7.11 Å². The van der Waals surface area contributed by atoms with Gasteiger partial charge < -0.3 is 19.3 Å². The Bertz CT molecular complexity index is 322. The van der Waals surface area contributed by atoms with Crippen molar-refractivity contribution >= 4 is 5.91 Å². The first-order valence-electron chi connectivity index (χ1n) is 8.86. The van der Waals surface area contributed by atoms with Crippen LogP contribution in [0.15, 0.2) is 0 Å². The van der Waals surface area contributed by atoms with Gasteiger partial charge in [-0.25, -0.2) is 0 Å². The average Bonchev–Trinajstić information content (AvgIpc) is 2.59. The maximum atomic E-state index is 12.6. The lowest BCUT2D eigenvalue weighted by molar-refractivity contribution is -0.139. The molecule has 2 fully saturated rings. The number of nitrogens with zero attached hydrogens (tertiary/aromatic N) is 2. The van der Waals surface area contributed by atoms with E-state index in [1.165, 1.54) is 0 Å². The van der Waals surface area contributed by atoms with Crippen LogP contribution in [0.5, 0.6) is 0 Å². The molecule has 0 saturated carbocycles. The molecule has 5 nitrogen and oxygen atoms in total. The van der Waals surface area contributed by atoms with E-state index in [1.807, 2.05) is 0 Å². The largest absolute Gasteiger partial charge is 0.381 e. The molecule has 0 aliphatic carbocycles. The summed E-state index contributed by atoms with van der Waals surface area (Å²) in [5, 5.41) is 0. The van der Waals surface area contributed by atoms with E-state index in [9.17, 15) is 4.79 Å². The number of methoxy groups -OCH3 is 1. The lowest BCUT2D eigenvalue weighted by Gasteiger charge is -2.37. The van der Waals surface area contributed by atoms with Crippen LogP contribution in [-0.4, -0.2) is 74.9 Å². The summed E-state index contributed by atoms with van der Waals surface area (Å²) in [6.45, 7) is 8.59. The minimum Gasteiger partial charge on any atom is -0.381 e. The van der Waals surface area contributed by atoms with Gasteiger partial charge in [-0.15, -0.1) is 0 Å². The van der Waals surface area contributed by atoms with Gasteiger partial charge in [-0.05, 0) is 45.2 Å². The molecular weight excluding hydrogens is 280 g/mol. The highest BCUT2D eigenvalue weighted by atomic mass is 16.5. The van der Waals surface area contributed by atoms with Gasteiger partial charge in [0.1, 0.15) is 0 Å². The van der Waals surface area contributed by atoms with Crippen molar-refractivity contribution in [2.24, 2.45) is 5.92 Å². The van der Waals surface area contributed by atoms with Crippen LogP contribution in [0.2, 0.25) is 0 Å². The zero-order chi connectivity index (χ0) is 15.8. The van der Waals surface area contributed by atoms with E-state index in [-0.39, 0.29) is 5.92 Å². The Labute approximate surface area is 134 Å². The maximum absolute atomic E-state index is 12.6. The van der Waals surface area contributed by atoms with Gasteiger partial charge in [-0.1, -0.05) is 6.92 Å². The molecule has 0 spiro atoms. The second kappa shape index (κ2) is 9.48. The molecule has 2 heterocycles. The number of amides is 1. The van der Waals surface area contributed by atoms with E-state index in [0.29, 0.717) is 12.0 Å². The van der Waals surface area contributed by atoms with E-state index < -0.39 is 0 Å². The molecular formula is C17H32N2O3. The number of hydrogen-bond donors (Lipinski definition) is 0. The molecule has 0 aromatic rings. The van der Waals surface area contributed by atoms with Crippen LogP contribution in [0.25, 0.3) is 0 Å². The first kappa shape index (κ1) is 17.7. The van der Waals surface area contributed by atoms with E-state index in [4.69, 9.17) is 9.47 Å². The van der Waals surface area contributed by atoms with Crippen LogP contribution in [0.4, 0.5) is 0 Å². The Balaban J connectivity index is 1.65. The Kier molecular flexibility index (Phi) is 7.63. The van der Waals surface area contributed by atoms with Gasteiger partial charge in [0, 0.05) is 39.3 Å². The molecule has 2 saturated heterocycles. The van der Waals surface area contributed by atoms with Crippen molar-refractivity contribution in [3.8, 4) is 0 Å². The number of piperidine rings is 2. The van der Waals surface area contributed by atoms with Crippen LogP contribution >= 0.6 is 0 Å². The minimum atomic E-state index is 0.229. The normalized spacial score (nSPS) is 22.2. The first-order valence-corrected chi connectivity index (χ1v) is 8.86. The standard InChI is InChI=1S/C17H32N2O3/c1-3-13-22-14-12-18-8-4-15(5-9-18)17(20)19-10-6-16(21-2)7-11-19/h15-16H,3-14H2,1-2H3. The monoisotopic (exact) mass is 312 g/mol. The molecule has 0 unspecified atom stereocenters. The third-order valence-electron chi connectivity index (χ3n) is 4.92. The summed E-state index contributed by atoms with van der Waals surface area (Å²) in [7, 11) is 1.77. The number of likely N-dealkylation sites (tertiary alicyclic amines) is 2. The molecule has 5 heteroatoms. The lowest BCUT2D eigenvalue weighted by Crippen LogP contribution is -2.46. The molecule has 128 valence electrons. The molecule has 2 aliphatic heterocycles. The number of hydrogen-bond acceptors (Lipinski definition) is 4. The van der Waals surface area contributed by atoms with Crippen molar-refractivity contribution < 1.29 is 14.3 Å². The smallest absolute Gasteiger partial charge is 0.225 e. The predicted octanol–water partition coefficient (Wildman–Crippen LogP) is 1.76. The summed E-state index contributed by atoms with van der Waals surface area (Å²) >= 11 is 0. The van der Waals surface area contributed by atoms with Crippen molar-refractivity contribution in [3.05, 3.63) is 0 Å². The minimum absolute atomic E-state index is 0.229. The summed E-state index contributed by atoms with van der Waals surface area (Å²) in [6, 6.07) is 0. The molecule has 1 amide bonds. The van der Waals surface area contributed by atoms with Crippen molar-refractivity contribution in [1.29, 1.82) is 0 Å². The Morgan fingerprint density at radius 1 is 1.05 bits per heavy atom. The highest BCUT2D eigenvalue weighted by molar-refractivity contribution is 5.79. The van der Waals surface area contributed by atoms with Gasteiger partial charge in [-0.2, -0.15) is 0 Å². The molecule has 0 radical (unpaired) electrons. The number of carbonyl (C=O) groups excluding carboxylic acids is 1. The van der Waals surface area contributed by atoms with Gasteiger partial charge in [0.05, 0.1) is 12.7 Å². The molecule has 2 rings (SSSR count). The molecule has 0 N–H and O–H groups in total. The van der Waals surface area contributed by atoms with Gasteiger partial charge >= 0.3 is 0 Å². The maximum Gasteiger partial charge on any atom is 0.225 e. The molecule has 2 aliphatic rings. The SMILES string of the molecule is CCCOCCN1CCC(C(=O)N2CCC(OC)CC2)CC1. The second-order valence-electron chi connectivity index (χ2n) is 6.49. The fraction of sp³-hybridized carbons (Fsp3) is 0.941. The number of carbonyl (C=O) groups is 1.